The molecule has 0 amide bonds. The summed E-state index contributed by atoms with van der Waals surface area (Å²) < 4.78 is 16.9. The quantitative estimate of drug-likeness (QED) is 0.422. The van der Waals surface area contributed by atoms with Gasteiger partial charge in [-0.05, 0) is 57.1 Å². The molecule has 0 aromatic heterocycles. The van der Waals surface area contributed by atoms with E-state index >= 15 is 0 Å². The zero-order valence-electron chi connectivity index (χ0n) is 19.3. The molecule has 2 aromatic rings. The van der Waals surface area contributed by atoms with Crippen molar-refractivity contribution in [3.8, 4) is 11.5 Å². The molecule has 0 bridgehead atoms. The molecule has 0 fully saturated rings. The van der Waals surface area contributed by atoms with Gasteiger partial charge in [0.25, 0.3) is 0 Å². The van der Waals surface area contributed by atoms with Crippen LogP contribution < -0.4 is 14.8 Å². The van der Waals surface area contributed by atoms with E-state index in [1.807, 2.05) is 57.3 Å². The lowest BCUT2D eigenvalue weighted by molar-refractivity contribution is 0.0732. The number of hydrogen-bond acceptors (Lipinski definition) is 6. The number of aliphatic hydroxyl groups excluding tert-OH is 1. The van der Waals surface area contributed by atoms with Crippen molar-refractivity contribution in [2.75, 3.05) is 40.5 Å². The van der Waals surface area contributed by atoms with E-state index in [0.717, 1.165) is 38.2 Å². The van der Waals surface area contributed by atoms with Crippen LogP contribution in [0.25, 0.3) is 0 Å². The van der Waals surface area contributed by atoms with Crippen LogP contribution in [-0.4, -0.2) is 62.7 Å². The summed E-state index contributed by atoms with van der Waals surface area (Å²) in [5, 5.41) is 13.8. The Hall–Kier alpha value is -2.12. The Balaban J connectivity index is 1.78. The topological polar surface area (TPSA) is 63.2 Å². The molecule has 0 aliphatic rings. The summed E-state index contributed by atoms with van der Waals surface area (Å²) in [4.78, 5) is 2.09. The molecular formula is C25H38N2O4. The standard InChI is InChI=1S/C25H38N2O4/c1-20(2)30-14-8-13-26-16-22-11-12-24(29-4)25(15-22)31-19-23(28)18-27(3)17-21-9-6-5-7-10-21/h5-7,9-12,15,20,23,26,28H,8,13-14,16-19H2,1-4H3/t23-/m1/s1. The smallest absolute Gasteiger partial charge is 0.161 e. The molecule has 0 aliphatic heterocycles. The summed E-state index contributed by atoms with van der Waals surface area (Å²) in [6.45, 7) is 8.00. The highest BCUT2D eigenvalue weighted by Crippen LogP contribution is 2.28. The van der Waals surface area contributed by atoms with Gasteiger partial charge in [-0.1, -0.05) is 36.4 Å². The number of methoxy groups -OCH3 is 1. The van der Waals surface area contributed by atoms with Crippen LogP contribution in [0.15, 0.2) is 48.5 Å². The molecule has 0 saturated carbocycles. The van der Waals surface area contributed by atoms with Crippen LogP contribution in [-0.2, 0) is 17.8 Å². The van der Waals surface area contributed by atoms with Crippen molar-refractivity contribution < 1.29 is 19.3 Å². The van der Waals surface area contributed by atoms with Crippen molar-refractivity contribution in [2.45, 2.75) is 45.6 Å². The van der Waals surface area contributed by atoms with Gasteiger partial charge < -0.3 is 24.6 Å². The van der Waals surface area contributed by atoms with E-state index in [4.69, 9.17) is 14.2 Å². The normalized spacial score (nSPS) is 12.4. The van der Waals surface area contributed by atoms with Crippen LogP contribution in [0.2, 0.25) is 0 Å². The number of aliphatic hydroxyl groups is 1. The fraction of sp³-hybridized carbons (Fsp3) is 0.520. The highest BCUT2D eigenvalue weighted by atomic mass is 16.5. The van der Waals surface area contributed by atoms with Crippen LogP contribution in [0.3, 0.4) is 0 Å². The molecule has 6 heteroatoms. The Morgan fingerprint density at radius 2 is 1.81 bits per heavy atom. The molecule has 0 heterocycles. The lowest BCUT2D eigenvalue weighted by Gasteiger charge is -2.21. The first-order valence-electron chi connectivity index (χ1n) is 11.0. The van der Waals surface area contributed by atoms with E-state index in [-0.39, 0.29) is 12.7 Å². The molecule has 0 spiro atoms. The van der Waals surface area contributed by atoms with E-state index in [0.29, 0.717) is 18.0 Å². The van der Waals surface area contributed by atoms with E-state index in [1.54, 1.807) is 7.11 Å². The first-order valence-corrected chi connectivity index (χ1v) is 11.0. The monoisotopic (exact) mass is 430 g/mol. The minimum absolute atomic E-state index is 0.207. The third-order valence-corrected chi connectivity index (χ3v) is 4.76. The minimum atomic E-state index is -0.596. The third-order valence-electron chi connectivity index (χ3n) is 4.76. The summed E-state index contributed by atoms with van der Waals surface area (Å²) in [6.07, 6.45) is 0.649. The number of ether oxygens (including phenoxy) is 3. The van der Waals surface area contributed by atoms with Crippen molar-refractivity contribution in [3.05, 3.63) is 59.7 Å². The lowest BCUT2D eigenvalue weighted by Crippen LogP contribution is -2.32. The van der Waals surface area contributed by atoms with Crippen LogP contribution in [0.1, 0.15) is 31.4 Å². The molecule has 2 rings (SSSR count). The van der Waals surface area contributed by atoms with Crippen LogP contribution in [0.5, 0.6) is 11.5 Å². The number of benzene rings is 2. The van der Waals surface area contributed by atoms with Gasteiger partial charge in [0.15, 0.2) is 11.5 Å². The number of nitrogens with one attached hydrogen (secondary N) is 1. The summed E-state index contributed by atoms with van der Waals surface area (Å²) in [5.74, 6) is 1.31. The maximum absolute atomic E-state index is 10.4. The summed E-state index contributed by atoms with van der Waals surface area (Å²) in [7, 11) is 3.62. The number of rotatable bonds is 15. The second-order valence-corrected chi connectivity index (χ2v) is 8.08. The molecule has 31 heavy (non-hydrogen) atoms. The molecule has 0 aliphatic carbocycles. The fourth-order valence-corrected chi connectivity index (χ4v) is 3.25. The maximum Gasteiger partial charge on any atom is 0.161 e. The van der Waals surface area contributed by atoms with Gasteiger partial charge >= 0.3 is 0 Å². The van der Waals surface area contributed by atoms with Crippen molar-refractivity contribution >= 4 is 0 Å². The van der Waals surface area contributed by atoms with Gasteiger partial charge in [-0.2, -0.15) is 0 Å². The first kappa shape index (κ1) is 25.1. The molecule has 1 atom stereocenters. The van der Waals surface area contributed by atoms with Gasteiger partial charge in [0.2, 0.25) is 0 Å². The number of hydrogen-bond donors (Lipinski definition) is 2. The number of nitrogens with zero attached hydrogens (tertiary/aromatic N) is 1. The van der Waals surface area contributed by atoms with Gasteiger partial charge in [0, 0.05) is 26.2 Å². The third kappa shape index (κ3) is 10.2. The average Bonchev–Trinajstić information content (AvgIpc) is 2.75. The molecule has 172 valence electrons. The second-order valence-electron chi connectivity index (χ2n) is 8.08. The van der Waals surface area contributed by atoms with Gasteiger partial charge in [0.05, 0.1) is 13.2 Å². The highest BCUT2D eigenvalue weighted by Gasteiger charge is 2.12. The highest BCUT2D eigenvalue weighted by molar-refractivity contribution is 5.43. The Kier molecular flexibility index (Phi) is 11.4. The predicted molar refractivity (Wildman–Crippen MR) is 125 cm³/mol. The van der Waals surface area contributed by atoms with Gasteiger partial charge in [-0.25, -0.2) is 0 Å². The molecule has 2 aromatic carbocycles. The Labute approximate surface area is 187 Å². The van der Waals surface area contributed by atoms with Crippen molar-refractivity contribution in [2.24, 2.45) is 0 Å². The van der Waals surface area contributed by atoms with E-state index in [2.05, 4.69) is 22.3 Å². The van der Waals surface area contributed by atoms with Crippen LogP contribution >= 0.6 is 0 Å². The van der Waals surface area contributed by atoms with Gasteiger partial charge in [-0.3, -0.25) is 4.90 Å². The summed E-state index contributed by atoms with van der Waals surface area (Å²) in [6, 6.07) is 16.1. The molecule has 0 unspecified atom stereocenters. The largest absolute Gasteiger partial charge is 0.493 e. The van der Waals surface area contributed by atoms with E-state index in [1.165, 1.54) is 5.56 Å². The Morgan fingerprint density at radius 1 is 1.03 bits per heavy atom. The Bertz CT molecular complexity index is 740. The molecule has 2 N–H and O–H groups in total. The van der Waals surface area contributed by atoms with Gasteiger partial charge in [-0.15, -0.1) is 0 Å². The summed E-state index contributed by atoms with van der Waals surface area (Å²) >= 11 is 0. The molecule has 0 radical (unpaired) electrons. The SMILES string of the molecule is COc1ccc(CNCCCOC(C)C)cc1OC[C@H](O)CN(C)Cc1ccccc1. The second kappa shape index (κ2) is 14.0. The van der Waals surface area contributed by atoms with Gasteiger partial charge in [0.1, 0.15) is 12.7 Å². The molecule has 6 nitrogen and oxygen atoms in total. The zero-order valence-corrected chi connectivity index (χ0v) is 19.3. The maximum atomic E-state index is 10.4. The van der Waals surface area contributed by atoms with Crippen molar-refractivity contribution in [1.82, 2.24) is 10.2 Å². The predicted octanol–water partition coefficient (Wildman–Crippen LogP) is 3.47. The average molecular weight is 431 g/mol. The molecular weight excluding hydrogens is 392 g/mol. The van der Waals surface area contributed by atoms with E-state index < -0.39 is 6.10 Å². The lowest BCUT2D eigenvalue weighted by atomic mass is 10.2. The summed E-state index contributed by atoms with van der Waals surface area (Å²) in [5.41, 5.74) is 2.33. The van der Waals surface area contributed by atoms with Crippen LogP contribution in [0.4, 0.5) is 0 Å². The van der Waals surface area contributed by atoms with Crippen LogP contribution in [0, 0.1) is 0 Å². The van der Waals surface area contributed by atoms with Crippen molar-refractivity contribution in [3.63, 3.8) is 0 Å². The van der Waals surface area contributed by atoms with E-state index in [9.17, 15) is 5.11 Å². The van der Waals surface area contributed by atoms with Crippen molar-refractivity contribution in [1.29, 1.82) is 0 Å². The number of likely N-dealkylation sites (N-methyl/N-ethyl adjacent to an activating group) is 1. The first-order chi connectivity index (χ1) is 15.0. The molecule has 0 saturated heterocycles. The minimum Gasteiger partial charge on any atom is -0.493 e. The Morgan fingerprint density at radius 3 is 2.52 bits per heavy atom. The fourth-order valence-electron chi connectivity index (χ4n) is 3.25. The zero-order chi connectivity index (χ0) is 22.5.